The van der Waals surface area contributed by atoms with Gasteiger partial charge in [0.2, 0.25) is 0 Å². The van der Waals surface area contributed by atoms with E-state index in [0.29, 0.717) is 42.0 Å². The van der Waals surface area contributed by atoms with E-state index >= 15 is 0 Å². The first-order valence-electron chi connectivity index (χ1n) is 19.3. The molecule has 2 aliphatic rings. The standard InChI is InChI=1S/C22H26N4O2.C21H24N4O2/c1-3-28-20-11-7-6-10-19(20)26-21(16(2)25-14-12-23-13-15-25)24-18-9-5-4-8-17(18)22(26)27;1-2-27-19-10-6-5-9-18(19)25-20(15-24-13-11-22-12-14-24)23-17-8-4-3-7-16(17)21(25)26/h4-11,16,23H,3,12-15H2,1-2H3;3-10,22H,2,11-15H2,1H3. The van der Waals surface area contributed by atoms with Gasteiger partial charge in [0.15, 0.2) is 0 Å². The Kier molecular flexibility index (Phi) is 12.3. The fourth-order valence-corrected chi connectivity index (χ4v) is 7.34. The van der Waals surface area contributed by atoms with E-state index in [4.69, 9.17) is 19.4 Å². The van der Waals surface area contributed by atoms with Gasteiger partial charge in [-0.05, 0) is 69.3 Å². The van der Waals surface area contributed by atoms with Gasteiger partial charge < -0.3 is 20.1 Å². The summed E-state index contributed by atoms with van der Waals surface area (Å²) in [7, 11) is 0. The number of para-hydroxylation sites is 6. The van der Waals surface area contributed by atoms with E-state index in [0.717, 1.165) is 86.4 Å². The minimum Gasteiger partial charge on any atom is -0.492 e. The van der Waals surface area contributed by atoms with Crippen LogP contribution in [0.1, 0.15) is 38.5 Å². The Morgan fingerprint density at radius 2 is 1.09 bits per heavy atom. The van der Waals surface area contributed by atoms with Crippen molar-refractivity contribution in [1.82, 2.24) is 39.5 Å². The van der Waals surface area contributed by atoms with Gasteiger partial charge in [-0.2, -0.15) is 0 Å². The van der Waals surface area contributed by atoms with E-state index in [1.54, 1.807) is 9.13 Å². The van der Waals surface area contributed by atoms with E-state index in [2.05, 4.69) is 27.4 Å². The van der Waals surface area contributed by atoms with Crippen molar-refractivity contribution < 1.29 is 9.47 Å². The molecule has 0 bridgehead atoms. The number of aromatic nitrogens is 4. The summed E-state index contributed by atoms with van der Waals surface area (Å²) in [5, 5.41) is 7.98. The molecule has 4 aromatic carbocycles. The molecule has 0 aliphatic carbocycles. The number of hydrogen-bond donors (Lipinski definition) is 2. The molecule has 286 valence electrons. The highest BCUT2D eigenvalue weighted by Gasteiger charge is 2.25. The highest BCUT2D eigenvalue weighted by Crippen LogP contribution is 2.28. The molecule has 2 saturated heterocycles. The van der Waals surface area contributed by atoms with Crippen LogP contribution in [-0.4, -0.2) is 94.5 Å². The van der Waals surface area contributed by atoms with Crippen LogP contribution < -0.4 is 31.2 Å². The van der Waals surface area contributed by atoms with Gasteiger partial charge in [-0.15, -0.1) is 0 Å². The molecular formula is C43H50N8O4. The molecule has 2 aliphatic heterocycles. The maximum Gasteiger partial charge on any atom is 0.266 e. The largest absolute Gasteiger partial charge is 0.492 e. The summed E-state index contributed by atoms with van der Waals surface area (Å²) >= 11 is 0. The monoisotopic (exact) mass is 742 g/mol. The Hall–Kier alpha value is -5.40. The minimum atomic E-state index is -0.0604. The minimum absolute atomic E-state index is 0.00842. The number of nitrogens with zero attached hydrogens (tertiary/aromatic N) is 6. The summed E-state index contributed by atoms with van der Waals surface area (Å²) in [6, 6.07) is 30.4. The van der Waals surface area contributed by atoms with Crippen LogP contribution in [0.4, 0.5) is 0 Å². The number of piperazine rings is 2. The average Bonchev–Trinajstić information content (AvgIpc) is 3.23. The third-order valence-corrected chi connectivity index (χ3v) is 10.1. The zero-order valence-corrected chi connectivity index (χ0v) is 31.9. The van der Waals surface area contributed by atoms with Gasteiger partial charge in [0.05, 0.1) is 59.0 Å². The molecule has 0 amide bonds. The summed E-state index contributed by atoms with van der Waals surface area (Å²) in [5.41, 5.74) is 2.83. The van der Waals surface area contributed by atoms with Gasteiger partial charge in [0, 0.05) is 52.4 Å². The maximum atomic E-state index is 13.5. The van der Waals surface area contributed by atoms with Crippen LogP contribution in [0.5, 0.6) is 11.5 Å². The predicted molar refractivity (Wildman–Crippen MR) is 218 cm³/mol. The van der Waals surface area contributed by atoms with Crippen molar-refractivity contribution >= 4 is 21.8 Å². The molecule has 2 fully saturated rings. The quantitative estimate of drug-likeness (QED) is 0.200. The Balaban J connectivity index is 0.000000169. The first-order chi connectivity index (χ1) is 27.0. The summed E-state index contributed by atoms with van der Waals surface area (Å²) < 4.78 is 15.1. The van der Waals surface area contributed by atoms with Crippen LogP contribution in [-0.2, 0) is 6.54 Å². The van der Waals surface area contributed by atoms with E-state index in [9.17, 15) is 9.59 Å². The molecule has 0 spiro atoms. The van der Waals surface area contributed by atoms with Crippen molar-refractivity contribution in [3.63, 3.8) is 0 Å². The Bertz CT molecular complexity index is 2350. The molecule has 0 saturated carbocycles. The lowest BCUT2D eigenvalue weighted by Crippen LogP contribution is -2.45. The van der Waals surface area contributed by atoms with E-state index < -0.39 is 0 Å². The lowest BCUT2D eigenvalue weighted by Gasteiger charge is -2.33. The number of rotatable bonds is 10. The number of benzene rings is 4. The molecule has 4 heterocycles. The molecule has 12 heteroatoms. The summed E-state index contributed by atoms with van der Waals surface area (Å²) in [4.78, 5) is 41.4. The number of nitrogens with one attached hydrogen (secondary N) is 2. The lowest BCUT2D eigenvalue weighted by molar-refractivity contribution is 0.177. The van der Waals surface area contributed by atoms with E-state index in [1.165, 1.54) is 0 Å². The zero-order chi connectivity index (χ0) is 38.1. The smallest absolute Gasteiger partial charge is 0.266 e. The Labute approximate surface area is 321 Å². The summed E-state index contributed by atoms with van der Waals surface area (Å²) in [6.45, 7) is 15.2. The average molecular weight is 743 g/mol. The van der Waals surface area contributed by atoms with Crippen molar-refractivity contribution in [1.29, 1.82) is 0 Å². The van der Waals surface area contributed by atoms with E-state index in [1.807, 2.05) is 111 Å². The molecular weight excluding hydrogens is 693 g/mol. The van der Waals surface area contributed by atoms with Gasteiger partial charge in [0.1, 0.15) is 23.1 Å². The summed E-state index contributed by atoms with van der Waals surface area (Å²) in [5.74, 6) is 2.88. The van der Waals surface area contributed by atoms with Gasteiger partial charge in [-0.1, -0.05) is 48.5 Å². The first kappa shape index (κ1) is 37.9. The third-order valence-electron chi connectivity index (χ3n) is 10.1. The topological polar surface area (TPSA) is 119 Å². The second-order valence-corrected chi connectivity index (χ2v) is 13.6. The highest BCUT2D eigenvalue weighted by molar-refractivity contribution is 5.79. The molecule has 12 nitrogen and oxygen atoms in total. The van der Waals surface area contributed by atoms with Gasteiger partial charge in [0.25, 0.3) is 11.1 Å². The molecule has 2 aromatic heterocycles. The van der Waals surface area contributed by atoms with Gasteiger partial charge in [-0.3, -0.25) is 28.5 Å². The third kappa shape index (κ3) is 8.32. The zero-order valence-electron chi connectivity index (χ0n) is 31.9. The molecule has 1 unspecified atom stereocenters. The second-order valence-electron chi connectivity index (χ2n) is 13.6. The van der Waals surface area contributed by atoms with Crippen LogP contribution in [0.25, 0.3) is 33.2 Å². The van der Waals surface area contributed by atoms with Crippen LogP contribution in [0, 0.1) is 0 Å². The maximum absolute atomic E-state index is 13.5. The molecule has 55 heavy (non-hydrogen) atoms. The molecule has 6 aromatic rings. The lowest BCUT2D eigenvalue weighted by atomic mass is 10.1. The first-order valence-corrected chi connectivity index (χ1v) is 19.3. The van der Waals surface area contributed by atoms with E-state index in [-0.39, 0.29) is 17.2 Å². The van der Waals surface area contributed by atoms with Crippen molar-refractivity contribution in [2.75, 3.05) is 65.6 Å². The predicted octanol–water partition coefficient (Wildman–Crippen LogP) is 4.94. The van der Waals surface area contributed by atoms with Crippen molar-refractivity contribution in [2.45, 2.75) is 33.4 Å². The Morgan fingerprint density at radius 3 is 1.67 bits per heavy atom. The molecule has 0 radical (unpaired) electrons. The fourth-order valence-electron chi connectivity index (χ4n) is 7.34. The normalized spacial score (nSPS) is 15.7. The number of hydrogen-bond acceptors (Lipinski definition) is 10. The molecule has 2 N–H and O–H groups in total. The van der Waals surface area contributed by atoms with Gasteiger partial charge >= 0.3 is 0 Å². The van der Waals surface area contributed by atoms with Crippen LogP contribution >= 0.6 is 0 Å². The Morgan fingerprint density at radius 1 is 0.618 bits per heavy atom. The van der Waals surface area contributed by atoms with Crippen LogP contribution in [0.3, 0.4) is 0 Å². The number of fused-ring (bicyclic) bond motifs is 2. The fraction of sp³-hybridized carbons (Fsp3) is 0.349. The van der Waals surface area contributed by atoms with Gasteiger partial charge in [-0.25, -0.2) is 9.97 Å². The van der Waals surface area contributed by atoms with Crippen LogP contribution in [0.15, 0.2) is 107 Å². The van der Waals surface area contributed by atoms with Crippen molar-refractivity contribution in [2.24, 2.45) is 0 Å². The SMILES string of the molecule is CCOc1ccccc1-n1c(C(C)N2CCNCC2)nc2ccccc2c1=O.CCOc1ccccc1-n1c(CN2CCNCC2)nc2ccccc2c1=O. The molecule has 1 atom stereocenters. The van der Waals surface area contributed by atoms with Crippen molar-refractivity contribution in [3.8, 4) is 22.9 Å². The van der Waals surface area contributed by atoms with Crippen LogP contribution in [0.2, 0.25) is 0 Å². The molecule has 8 rings (SSSR count). The highest BCUT2D eigenvalue weighted by atomic mass is 16.5. The van der Waals surface area contributed by atoms with Crippen molar-refractivity contribution in [3.05, 3.63) is 129 Å². The second kappa shape index (κ2) is 17.8. The number of ether oxygens (including phenoxy) is 2. The summed E-state index contributed by atoms with van der Waals surface area (Å²) in [6.07, 6.45) is 0.